The highest BCUT2D eigenvalue weighted by atomic mass is 16.6. The maximum absolute atomic E-state index is 12.8. The molecule has 0 amide bonds. The SMILES string of the molecule is CC\C=C/C=C\C=C/CCCCCCCC(=O)OCC(COC(=O)CCC/C=C\C/C=C\C/C=C\C/C=C\CCCCC)OC(=O)CCCCC/C=C\CCCCCCCCC. The molecule has 0 fully saturated rings. The molecule has 0 bridgehead atoms. The average molecular weight is 861 g/mol. The Bertz CT molecular complexity index is 1260. The molecule has 0 aliphatic carbocycles. The van der Waals surface area contributed by atoms with Crippen LogP contribution in [0.3, 0.4) is 0 Å². The number of esters is 3. The number of allylic oxidation sites excluding steroid dienone is 16. The van der Waals surface area contributed by atoms with Gasteiger partial charge in [0.25, 0.3) is 0 Å². The van der Waals surface area contributed by atoms with Crippen LogP contribution in [0.2, 0.25) is 0 Å². The molecular weight excluding hydrogens is 769 g/mol. The third-order valence-electron chi connectivity index (χ3n) is 10.4. The van der Waals surface area contributed by atoms with Crippen molar-refractivity contribution in [2.24, 2.45) is 0 Å². The summed E-state index contributed by atoms with van der Waals surface area (Å²) >= 11 is 0. The lowest BCUT2D eigenvalue weighted by molar-refractivity contribution is -0.167. The highest BCUT2D eigenvalue weighted by Gasteiger charge is 2.19. The van der Waals surface area contributed by atoms with Crippen LogP contribution in [0, 0.1) is 0 Å². The van der Waals surface area contributed by atoms with Gasteiger partial charge in [-0.15, -0.1) is 0 Å². The van der Waals surface area contributed by atoms with Crippen LogP contribution in [0.5, 0.6) is 0 Å². The van der Waals surface area contributed by atoms with Gasteiger partial charge in [-0.3, -0.25) is 14.4 Å². The van der Waals surface area contributed by atoms with Crippen molar-refractivity contribution in [1.29, 1.82) is 0 Å². The van der Waals surface area contributed by atoms with Gasteiger partial charge >= 0.3 is 17.9 Å². The number of carbonyl (C=O) groups excluding carboxylic acids is 3. The highest BCUT2D eigenvalue weighted by Crippen LogP contribution is 2.12. The lowest BCUT2D eigenvalue weighted by Crippen LogP contribution is -2.30. The molecule has 0 aromatic heterocycles. The summed E-state index contributed by atoms with van der Waals surface area (Å²) in [4.78, 5) is 37.9. The van der Waals surface area contributed by atoms with Crippen LogP contribution in [0.15, 0.2) is 97.2 Å². The van der Waals surface area contributed by atoms with Crippen LogP contribution < -0.4 is 0 Å². The first-order valence-corrected chi connectivity index (χ1v) is 25.3. The zero-order valence-corrected chi connectivity index (χ0v) is 40.1. The number of unbranched alkanes of at least 4 members (excludes halogenated alkanes) is 19. The van der Waals surface area contributed by atoms with Gasteiger partial charge in [0, 0.05) is 19.3 Å². The van der Waals surface area contributed by atoms with Gasteiger partial charge in [-0.25, -0.2) is 0 Å². The Morgan fingerprint density at radius 3 is 1.24 bits per heavy atom. The molecule has 0 N–H and O–H groups in total. The van der Waals surface area contributed by atoms with Gasteiger partial charge in [-0.05, 0) is 103 Å². The Hall–Kier alpha value is -3.67. The van der Waals surface area contributed by atoms with Crippen molar-refractivity contribution >= 4 is 17.9 Å². The average Bonchev–Trinajstić information content (AvgIpc) is 3.27. The number of hydrogen-bond donors (Lipinski definition) is 0. The molecule has 352 valence electrons. The molecule has 0 saturated carbocycles. The van der Waals surface area contributed by atoms with Crippen LogP contribution in [0.1, 0.15) is 220 Å². The fourth-order valence-corrected chi connectivity index (χ4v) is 6.55. The van der Waals surface area contributed by atoms with Crippen molar-refractivity contribution < 1.29 is 28.6 Å². The molecule has 1 unspecified atom stereocenters. The normalized spacial score (nSPS) is 12.9. The Morgan fingerprint density at radius 1 is 0.355 bits per heavy atom. The molecule has 0 aromatic rings. The fourth-order valence-electron chi connectivity index (χ4n) is 6.55. The first-order chi connectivity index (χ1) is 30.5. The Labute approximate surface area is 381 Å². The van der Waals surface area contributed by atoms with Crippen LogP contribution >= 0.6 is 0 Å². The van der Waals surface area contributed by atoms with E-state index in [4.69, 9.17) is 14.2 Å². The Balaban J connectivity index is 4.53. The summed E-state index contributed by atoms with van der Waals surface area (Å²) in [5, 5.41) is 0. The molecule has 0 radical (unpaired) electrons. The minimum atomic E-state index is -0.816. The Kier molecular flexibility index (Phi) is 47.0. The van der Waals surface area contributed by atoms with Gasteiger partial charge < -0.3 is 14.2 Å². The summed E-state index contributed by atoms with van der Waals surface area (Å²) in [5.74, 6) is -1.01. The van der Waals surface area contributed by atoms with E-state index >= 15 is 0 Å². The van der Waals surface area contributed by atoms with Crippen molar-refractivity contribution in [1.82, 2.24) is 0 Å². The molecule has 62 heavy (non-hydrogen) atoms. The molecule has 0 aliphatic heterocycles. The van der Waals surface area contributed by atoms with Crippen molar-refractivity contribution in [3.05, 3.63) is 97.2 Å². The number of carbonyl (C=O) groups is 3. The van der Waals surface area contributed by atoms with Crippen molar-refractivity contribution in [3.8, 4) is 0 Å². The van der Waals surface area contributed by atoms with E-state index in [1.165, 1.54) is 70.6 Å². The first-order valence-electron chi connectivity index (χ1n) is 25.3. The van der Waals surface area contributed by atoms with Gasteiger partial charge in [0.1, 0.15) is 13.2 Å². The van der Waals surface area contributed by atoms with Crippen LogP contribution in [-0.2, 0) is 28.6 Å². The van der Waals surface area contributed by atoms with Crippen molar-refractivity contribution in [3.63, 3.8) is 0 Å². The molecular formula is C56H92O6. The van der Waals surface area contributed by atoms with E-state index in [-0.39, 0.29) is 44.0 Å². The van der Waals surface area contributed by atoms with E-state index < -0.39 is 6.10 Å². The second-order valence-electron chi connectivity index (χ2n) is 16.4. The summed E-state index contributed by atoms with van der Waals surface area (Å²) in [6.45, 7) is 6.38. The standard InChI is InChI=1S/C56H92O6/c1-4-7-10-13-16-19-22-25-27-28-29-32-34-37-40-43-46-49-55(58)61-52-53(51-60-54(57)48-45-42-39-36-33-30-24-21-18-15-12-9-6-3)62-56(59)50-47-44-41-38-35-31-26-23-20-17-14-11-8-5-2/h9,12,15-16,18-19,21,24-25,27,29,31-32,35,37,40,53H,4-8,10-11,13-14,17,20,22-23,26,28,30,33-34,36,38-39,41-52H2,1-3H3/b12-9-,18-15-,19-16-,24-21-,27-25-,32-29-,35-31-,40-37-. The molecule has 6 nitrogen and oxygen atoms in total. The first kappa shape index (κ1) is 58.3. The summed E-state index contributed by atoms with van der Waals surface area (Å²) in [5.41, 5.74) is 0. The van der Waals surface area contributed by atoms with E-state index in [9.17, 15) is 14.4 Å². The molecule has 6 heteroatoms. The molecule has 0 heterocycles. The third-order valence-corrected chi connectivity index (χ3v) is 10.4. The number of rotatable bonds is 44. The monoisotopic (exact) mass is 861 g/mol. The molecule has 0 rings (SSSR count). The number of ether oxygens (including phenoxy) is 3. The molecule has 0 saturated heterocycles. The minimum Gasteiger partial charge on any atom is -0.462 e. The zero-order valence-electron chi connectivity index (χ0n) is 40.1. The van der Waals surface area contributed by atoms with E-state index in [1.807, 2.05) is 0 Å². The van der Waals surface area contributed by atoms with Crippen LogP contribution in [0.25, 0.3) is 0 Å². The van der Waals surface area contributed by atoms with E-state index in [1.54, 1.807) is 0 Å². The van der Waals surface area contributed by atoms with Crippen LogP contribution in [0.4, 0.5) is 0 Å². The molecule has 1 atom stereocenters. The van der Waals surface area contributed by atoms with E-state index in [0.29, 0.717) is 12.8 Å². The predicted octanol–water partition coefficient (Wildman–Crippen LogP) is 16.6. The molecule has 0 spiro atoms. The maximum Gasteiger partial charge on any atom is 0.306 e. The zero-order chi connectivity index (χ0) is 45.1. The van der Waals surface area contributed by atoms with E-state index in [2.05, 4.69) is 118 Å². The van der Waals surface area contributed by atoms with Crippen LogP contribution in [-0.4, -0.2) is 37.2 Å². The van der Waals surface area contributed by atoms with Gasteiger partial charge in [-0.1, -0.05) is 195 Å². The quantitative estimate of drug-likeness (QED) is 0.0200. The summed E-state index contributed by atoms with van der Waals surface area (Å²) in [6.07, 6.45) is 65.4. The number of hydrogen-bond acceptors (Lipinski definition) is 6. The lowest BCUT2D eigenvalue weighted by Gasteiger charge is -2.18. The predicted molar refractivity (Wildman–Crippen MR) is 265 cm³/mol. The van der Waals surface area contributed by atoms with Gasteiger partial charge in [0.15, 0.2) is 6.10 Å². The second kappa shape index (κ2) is 50.0. The summed E-state index contributed by atoms with van der Waals surface area (Å²) < 4.78 is 16.7. The largest absolute Gasteiger partial charge is 0.462 e. The van der Waals surface area contributed by atoms with Gasteiger partial charge in [0.05, 0.1) is 0 Å². The summed E-state index contributed by atoms with van der Waals surface area (Å²) in [7, 11) is 0. The second-order valence-corrected chi connectivity index (χ2v) is 16.4. The highest BCUT2D eigenvalue weighted by molar-refractivity contribution is 5.71. The lowest BCUT2D eigenvalue weighted by atomic mass is 10.1. The maximum atomic E-state index is 12.8. The summed E-state index contributed by atoms with van der Waals surface area (Å²) in [6, 6.07) is 0. The molecule has 0 aromatic carbocycles. The van der Waals surface area contributed by atoms with Gasteiger partial charge in [0.2, 0.25) is 0 Å². The fraction of sp³-hybridized carbons (Fsp3) is 0.661. The van der Waals surface area contributed by atoms with Crippen molar-refractivity contribution in [2.75, 3.05) is 13.2 Å². The molecule has 0 aliphatic rings. The van der Waals surface area contributed by atoms with Crippen molar-refractivity contribution in [2.45, 2.75) is 226 Å². The van der Waals surface area contributed by atoms with Gasteiger partial charge in [-0.2, -0.15) is 0 Å². The topological polar surface area (TPSA) is 78.9 Å². The minimum absolute atomic E-state index is 0.112. The van der Waals surface area contributed by atoms with E-state index in [0.717, 1.165) is 103 Å². The Morgan fingerprint density at radius 2 is 0.710 bits per heavy atom. The third kappa shape index (κ3) is 47.4. The smallest absolute Gasteiger partial charge is 0.306 e.